The van der Waals surface area contributed by atoms with E-state index in [9.17, 15) is 0 Å². The fourth-order valence-corrected chi connectivity index (χ4v) is 3.50. The molecule has 0 aliphatic carbocycles. The molecule has 0 unspecified atom stereocenters. The van der Waals surface area contributed by atoms with Gasteiger partial charge in [0.2, 0.25) is 0 Å². The van der Waals surface area contributed by atoms with Gasteiger partial charge in [-0.3, -0.25) is 0 Å². The van der Waals surface area contributed by atoms with E-state index in [1.54, 1.807) is 18.9 Å². The van der Waals surface area contributed by atoms with Crippen LogP contribution >= 0.6 is 11.8 Å². The highest BCUT2D eigenvalue weighted by Gasteiger charge is 2.10. The second-order valence-corrected chi connectivity index (χ2v) is 6.97. The van der Waals surface area contributed by atoms with Crippen LogP contribution < -0.4 is 4.74 Å². The maximum absolute atomic E-state index is 5.23. The zero-order valence-electron chi connectivity index (χ0n) is 14.9. The van der Waals surface area contributed by atoms with Crippen LogP contribution in [0.4, 0.5) is 0 Å². The van der Waals surface area contributed by atoms with Crippen LogP contribution in [0.1, 0.15) is 0 Å². The Morgan fingerprint density at radius 3 is 1.67 bits per heavy atom. The van der Waals surface area contributed by atoms with Gasteiger partial charge in [0.1, 0.15) is 5.75 Å². The minimum atomic E-state index is 0.723. The molecule has 27 heavy (non-hydrogen) atoms. The first-order valence-corrected chi connectivity index (χ1v) is 9.45. The lowest BCUT2D eigenvalue weighted by molar-refractivity contribution is 0.414. The number of benzene rings is 3. The summed E-state index contributed by atoms with van der Waals surface area (Å²) in [5, 5.41) is 0.723. The molecule has 3 aromatic carbocycles. The third-order valence-electron chi connectivity index (χ3n) is 4.11. The van der Waals surface area contributed by atoms with Crippen LogP contribution in [0.25, 0.3) is 22.5 Å². The van der Waals surface area contributed by atoms with Gasteiger partial charge in [0, 0.05) is 16.0 Å². The monoisotopic (exact) mass is 370 g/mol. The number of nitrogens with zero attached hydrogens (tertiary/aromatic N) is 2. The quantitative estimate of drug-likeness (QED) is 0.405. The average Bonchev–Trinajstić information content (AvgIpc) is 2.75. The van der Waals surface area contributed by atoms with E-state index in [-0.39, 0.29) is 0 Å². The number of hydrogen-bond acceptors (Lipinski definition) is 4. The van der Waals surface area contributed by atoms with Crippen molar-refractivity contribution in [3.63, 3.8) is 0 Å². The number of ether oxygens (including phenoxy) is 1. The number of aromatic nitrogens is 2. The first-order valence-electron chi connectivity index (χ1n) is 8.64. The Morgan fingerprint density at radius 2 is 1.19 bits per heavy atom. The summed E-state index contributed by atoms with van der Waals surface area (Å²) in [7, 11) is 1.67. The Morgan fingerprint density at radius 1 is 0.667 bits per heavy atom. The van der Waals surface area contributed by atoms with Crippen LogP contribution in [0.2, 0.25) is 0 Å². The van der Waals surface area contributed by atoms with Gasteiger partial charge < -0.3 is 4.74 Å². The van der Waals surface area contributed by atoms with E-state index in [4.69, 9.17) is 14.7 Å². The van der Waals surface area contributed by atoms with Crippen molar-refractivity contribution < 1.29 is 4.74 Å². The third kappa shape index (κ3) is 4.18. The molecule has 4 heteroatoms. The van der Waals surface area contributed by atoms with Gasteiger partial charge >= 0.3 is 0 Å². The van der Waals surface area contributed by atoms with Crippen molar-refractivity contribution in [2.75, 3.05) is 7.11 Å². The molecular formula is C23H18N2OS. The SMILES string of the molecule is COc1ccc(Sc2nc(-c3ccccc3)cc(-c3ccccc3)n2)cc1. The summed E-state index contributed by atoms with van der Waals surface area (Å²) in [4.78, 5) is 10.6. The topological polar surface area (TPSA) is 35.0 Å². The zero-order valence-corrected chi connectivity index (χ0v) is 15.7. The summed E-state index contributed by atoms with van der Waals surface area (Å²) >= 11 is 1.55. The van der Waals surface area contributed by atoms with Crippen molar-refractivity contribution in [1.82, 2.24) is 9.97 Å². The summed E-state index contributed by atoms with van der Waals surface area (Å²) in [6.07, 6.45) is 0. The van der Waals surface area contributed by atoms with Gasteiger partial charge in [-0.25, -0.2) is 9.97 Å². The molecule has 0 fully saturated rings. The van der Waals surface area contributed by atoms with E-state index in [1.165, 1.54) is 0 Å². The molecular weight excluding hydrogens is 352 g/mol. The molecule has 4 aromatic rings. The molecule has 132 valence electrons. The summed E-state index contributed by atoms with van der Waals surface area (Å²) in [6.45, 7) is 0. The Labute approximate surface area is 163 Å². The smallest absolute Gasteiger partial charge is 0.193 e. The van der Waals surface area contributed by atoms with Crippen molar-refractivity contribution in [3.8, 4) is 28.3 Å². The van der Waals surface area contributed by atoms with Gasteiger partial charge in [-0.15, -0.1) is 0 Å². The molecule has 0 bridgehead atoms. The average molecular weight is 370 g/mol. The molecule has 0 saturated carbocycles. The molecule has 1 heterocycles. The van der Waals surface area contributed by atoms with E-state index in [2.05, 4.69) is 24.3 Å². The largest absolute Gasteiger partial charge is 0.497 e. The molecule has 0 N–H and O–H groups in total. The van der Waals surface area contributed by atoms with Crippen LogP contribution in [0.3, 0.4) is 0 Å². The molecule has 0 saturated heterocycles. The highest BCUT2D eigenvalue weighted by molar-refractivity contribution is 7.99. The van der Waals surface area contributed by atoms with Gasteiger partial charge in [-0.1, -0.05) is 60.7 Å². The number of methoxy groups -OCH3 is 1. The van der Waals surface area contributed by atoms with Gasteiger partial charge in [-0.2, -0.15) is 0 Å². The van der Waals surface area contributed by atoms with E-state index in [1.807, 2.05) is 66.7 Å². The van der Waals surface area contributed by atoms with Crippen molar-refractivity contribution in [3.05, 3.63) is 91.0 Å². The highest BCUT2D eigenvalue weighted by atomic mass is 32.2. The van der Waals surface area contributed by atoms with Crippen LogP contribution in [0.5, 0.6) is 5.75 Å². The molecule has 1 aromatic heterocycles. The molecule has 0 spiro atoms. The van der Waals surface area contributed by atoms with Crippen molar-refractivity contribution in [2.24, 2.45) is 0 Å². The molecule has 3 nitrogen and oxygen atoms in total. The van der Waals surface area contributed by atoms with Gasteiger partial charge in [0.05, 0.1) is 18.5 Å². The number of rotatable bonds is 5. The second kappa shape index (κ2) is 8.06. The van der Waals surface area contributed by atoms with Gasteiger partial charge in [0.25, 0.3) is 0 Å². The van der Waals surface area contributed by atoms with E-state index >= 15 is 0 Å². The number of hydrogen-bond donors (Lipinski definition) is 0. The summed E-state index contributed by atoms with van der Waals surface area (Å²) in [5.74, 6) is 0.836. The van der Waals surface area contributed by atoms with Crippen molar-refractivity contribution in [2.45, 2.75) is 10.1 Å². The van der Waals surface area contributed by atoms with Crippen LogP contribution in [-0.4, -0.2) is 17.1 Å². The maximum atomic E-state index is 5.23. The van der Waals surface area contributed by atoms with Crippen molar-refractivity contribution >= 4 is 11.8 Å². The minimum absolute atomic E-state index is 0.723. The van der Waals surface area contributed by atoms with Crippen LogP contribution in [-0.2, 0) is 0 Å². The second-order valence-electron chi connectivity index (χ2n) is 5.93. The fourth-order valence-electron chi connectivity index (χ4n) is 2.73. The summed E-state index contributed by atoms with van der Waals surface area (Å²) in [6, 6.07) is 30.4. The summed E-state index contributed by atoms with van der Waals surface area (Å²) < 4.78 is 5.23. The molecule has 0 aliphatic heterocycles. The molecule has 4 rings (SSSR count). The Bertz CT molecular complexity index is 961. The zero-order chi connectivity index (χ0) is 18.5. The predicted octanol–water partition coefficient (Wildman–Crippen LogP) is 5.97. The molecule has 0 aliphatic rings. The molecule has 0 amide bonds. The standard InChI is InChI=1S/C23H18N2OS/c1-26-19-12-14-20(15-13-19)27-23-24-21(17-8-4-2-5-9-17)16-22(25-23)18-10-6-3-7-11-18/h2-16H,1H3. The molecule has 0 radical (unpaired) electrons. The minimum Gasteiger partial charge on any atom is -0.497 e. The Kier molecular flexibility index (Phi) is 5.17. The lowest BCUT2D eigenvalue weighted by Crippen LogP contribution is -1.94. The van der Waals surface area contributed by atoms with Gasteiger partial charge in [-0.05, 0) is 42.1 Å². The highest BCUT2D eigenvalue weighted by Crippen LogP contribution is 2.31. The summed E-state index contributed by atoms with van der Waals surface area (Å²) in [5.41, 5.74) is 3.99. The lowest BCUT2D eigenvalue weighted by atomic mass is 10.1. The lowest BCUT2D eigenvalue weighted by Gasteiger charge is -2.09. The first-order chi connectivity index (χ1) is 13.3. The Balaban J connectivity index is 1.75. The molecule has 0 atom stereocenters. The maximum Gasteiger partial charge on any atom is 0.193 e. The third-order valence-corrected chi connectivity index (χ3v) is 4.99. The van der Waals surface area contributed by atoms with Crippen LogP contribution in [0, 0.1) is 0 Å². The van der Waals surface area contributed by atoms with Crippen molar-refractivity contribution in [1.29, 1.82) is 0 Å². The normalized spacial score (nSPS) is 10.6. The van der Waals surface area contributed by atoms with Crippen LogP contribution in [0.15, 0.2) is 101 Å². The van der Waals surface area contributed by atoms with E-state index in [0.717, 1.165) is 38.3 Å². The Hall–Kier alpha value is -3.11. The fraction of sp³-hybridized carbons (Fsp3) is 0.0435. The first kappa shape index (κ1) is 17.3. The van der Waals surface area contributed by atoms with Gasteiger partial charge in [0.15, 0.2) is 5.16 Å². The van der Waals surface area contributed by atoms with E-state index < -0.39 is 0 Å². The van der Waals surface area contributed by atoms with E-state index in [0.29, 0.717) is 0 Å². The predicted molar refractivity (Wildman–Crippen MR) is 110 cm³/mol.